The van der Waals surface area contributed by atoms with E-state index in [2.05, 4.69) is 0 Å². The number of ether oxygens (including phenoxy) is 2. The lowest BCUT2D eigenvalue weighted by Crippen LogP contribution is -2.13. The zero-order chi connectivity index (χ0) is 16.1. The van der Waals surface area contributed by atoms with E-state index in [9.17, 15) is 9.90 Å². The number of benzene rings is 2. The molecule has 0 saturated heterocycles. The van der Waals surface area contributed by atoms with E-state index >= 15 is 0 Å². The Morgan fingerprint density at radius 3 is 2.70 bits per heavy atom. The van der Waals surface area contributed by atoms with E-state index in [1.54, 1.807) is 6.92 Å². The van der Waals surface area contributed by atoms with Crippen molar-refractivity contribution in [2.45, 2.75) is 44.9 Å². The quantitative estimate of drug-likeness (QED) is 0.642. The average Bonchev–Trinajstić information content (AvgIpc) is 3.13. The molecule has 2 aliphatic rings. The molecule has 0 aromatic heterocycles. The van der Waals surface area contributed by atoms with Gasteiger partial charge in [-0.1, -0.05) is 17.7 Å². The number of phenols is 1. The van der Waals surface area contributed by atoms with Crippen molar-refractivity contribution in [2.75, 3.05) is 6.61 Å². The van der Waals surface area contributed by atoms with Gasteiger partial charge in [0.15, 0.2) is 0 Å². The van der Waals surface area contributed by atoms with Gasteiger partial charge < -0.3 is 14.6 Å². The van der Waals surface area contributed by atoms with Crippen LogP contribution in [-0.2, 0) is 4.74 Å². The molecule has 23 heavy (non-hydrogen) atoms. The molecule has 4 nitrogen and oxygen atoms in total. The molecule has 1 fully saturated rings. The van der Waals surface area contributed by atoms with Crippen molar-refractivity contribution < 1.29 is 19.4 Å². The third-order valence-electron chi connectivity index (χ3n) is 5.16. The summed E-state index contributed by atoms with van der Waals surface area (Å²) in [6, 6.07) is 5.84. The predicted octanol–water partition coefficient (Wildman–Crippen LogP) is 4.75. The van der Waals surface area contributed by atoms with Gasteiger partial charge in [0.1, 0.15) is 11.5 Å². The highest BCUT2D eigenvalue weighted by molar-refractivity contribution is 5.98. The van der Waals surface area contributed by atoms with Gasteiger partial charge in [0, 0.05) is 21.9 Å². The molecule has 0 amide bonds. The van der Waals surface area contributed by atoms with Gasteiger partial charge in [0.2, 0.25) is 0 Å². The van der Waals surface area contributed by atoms with Gasteiger partial charge in [-0.25, -0.2) is 4.79 Å². The molecule has 4 heteroatoms. The van der Waals surface area contributed by atoms with Crippen LogP contribution in [-0.4, -0.2) is 17.9 Å². The summed E-state index contributed by atoms with van der Waals surface area (Å²) >= 11 is 0. The Kier molecular flexibility index (Phi) is 3.22. The first-order valence-corrected chi connectivity index (χ1v) is 8.23. The van der Waals surface area contributed by atoms with Crippen LogP contribution in [0.3, 0.4) is 0 Å². The molecular formula is C19H20O4. The van der Waals surface area contributed by atoms with Crippen molar-refractivity contribution in [2.24, 2.45) is 0 Å². The summed E-state index contributed by atoms with van der Waals surface area (Å²) in [4.78, 5) is 11.9. The van der Waals surface area contributed by atoms with Gasteiger partial charge in [0.25, 0.3) is 0 Å². The minimum atomic E-state index is -0.675. The third kappa shape index (κ3) is 2.08. The Morgan fingerprint density at radius 2 is 1.96 bits per heavy atom. The molecule has 120 valence electrons. The van der Waals surface area contributed by atoms with Crippen LogP contribution in [0.4, 0.5) is 4.79 Å². The van der Waals surface area contributed by atoms with Crippen LogP contribution in [0, 0.1) is 6.92 Å². The largest absolute Gasteiger partial charge is 0.513 e. The summed E-state index contributed by atoms with van der Waals surface area (Å²) in [7, 11) is 0. The summed E-state index contributed by atoms with van der Waals surface area (Å²) in [6.45, 7) is 4.03. The topological polar surface area (TPSA) is 55.8 Å². The van der Waals surface area contributed by atoms with Crippen LogP contribution in [0.25, 0.3) is 10.8 Å². The van der Waals surface area contributed by atoms with Crippen molar-refractivity contribution >= 4 is 16.9 Å². The summed E-state index contributed by atoms with van der Waals surface area (Å²) in [5.74, 6) is 1.70. The molecule has 2 atom stereocenters. The Balaban J connectivity index is 1.98. The fourth-order valence-electron chi connectivity index (χ4n) is 4.26. The molecule has 0 radical (unpaired) electrons. The fourth-order valence-corrected chi connectivity index (χ4v) is 4.26. The highest BCUT2D eigenvalue weighted by atomic mass is 16.7. The van der Waals surface area contributed by atoms with Gasteiger partial charge in [-0.3, -0.25) is 0 Å². The zero-order valence-corrected chi connectivity index (χ0v) is 13.4. The van der Waals surface area contributed by atoms with Crippen LogP contribution < -0.4 is 4.74 Å². The number of phenolic OH excluding ortho intramolecular Hbond substituents is 1. The molecule has 2 aromatic rings. The minimum Gasteiger partial charge on any atom is -0.507 e. The van der Waals surface area contributed by atoms with Crippen molar-refractivity contribution in [3.05, 3.63) is 34.9 Å². The summed E-state index contributed by atoms with van der Waals surface area (Å²) in [5.41, 5.74) is 3.07. The summed E-state index contributed by atoms with van der Waals surface area (Å²) in [6.07, 6.45) is 2.55. The van der Waals surface area contributed by atoms with E-state index < -0.39 is 6.16 Å². The van der Waals surface area contributed by atoms with Crippen LogP contribution in [0.5, 0.6) is 11.5 Å². The van der Waals surface area contributed by atoms with Crippen LogP contribution in [0.2, 0.25) is 0 Å². The van der Waals surface area contributed by atoms with E-state index in [1.807, 2.05) is 25.1 Å². The summed E-state index contributed by atoms with van der Waals surface area (Å²) < 4.78 is 10.6. The molecule has 1 saturated carbocycles. The highest BCUT2D eigenvalue weighted by Gasteiger charge is 2.42. The third-order valence-corrected chi connectivity index (χ3v) is 5.16. The number of hydrogen-bond acceptors (Lipinski definition) is 4. The average molecular weight is 312 g/mol. The van der Waals surface area contributed by atoms with Crippen molar-refractivity contribution in [3.8, 4) is 11.5 Å². The second kappa shape index (κ2) is 5.15. The molecule has 0 aliphatic heterocycles. The smallest absolute Gasteiger partial charge is 0.507 e. The van der Waals surface area contributed by atoms with E-state index in [-0.39, 0.29) is 6.61 Å². The van der Waals surface area contributed by atoms with Crippen molar-refractivity contribution in [1.29, 1.82) is 0 Å². The standard InChI is InChI=1S/C19H20O4/c1-3-22-19(21)23-18-14-8-10(2)4-7-13(14)17(20)15-11-5-6-12(9-11)16(15)18/h4,7-8,11-12,20H,3,5-6,9H2,1-2H3. The van der Waals surface area contributed by atoms with E-state index in [1.165, 1.54) is 0 Å². The zero-order valence-electron chi connectivity index (χ0n) is 13.4. The molecule has 2 aromatic carbocycles. The van der Waals surface area contributed by atoms with Crippen molar-refractivity contribution in [3.63, 3.8) is 0 Å². The maximum atomic E-state index is 11.9. The Bertz CT molecular complexity index is 809. The minimum absolute atomic E-state index is 0.280. The van der Waals surface area contributed by atoms with Crippen LogP contribution >= 0.6 is 0 Å². The number of hydrogen-bond donors (Lipinski definition) is 1. The van der Waals surface area contributed by atoms with E-state index in [0.717, 1.165) is 46.7 Å². The molecule has 2 bridgehead atoms. The van der Waals surface area contributed by atoms with Crippen LogP contribution in [0.15, 0.2) is 18.2 Å². The number of carbonyl (C=O) groups excluding carboxylic acids is 1. The fraction of sp³-hybridized carbons (Fsp3) is 0.421. The Hall–Kier alpha value is -2.23. The van der Waals surface area contributed by atoms with Gasteiger partial charge in [0.05, 0.1) is 6.61 Å². The number of fused-ring (bicyclic) bond motifs is 6. The lowest BCUT2D eigenvalue weighted by atomic mass is 9.87. The monoisotopic (exact) mass is 312 g/mol. The Labute approximate surface area is 135 Å². The first-order chi connectivity index (χ1) is 11.1. The first kappa shape index (κ1) is 14.4. The number of aromatic hydroxyl groups is 1. The van der Waals surface area contributed by atoms with Gasteiger partial charge in [-0.15, -0.1) is 0 Å². The number of carbonyl (C=O) groups is 1. The number of aryl methyl sites for hydroxylation is 1. The van der Waals surface area contributed by atoms with Gasteiger partial charge >= 0.3 is 6.16 Å². The maximum absolute atomic E-state index is 11.9. The Morgan fingerprint density at radius 1 is 1.22 bits per heavy atom. The molecule has 1 N–H and O–H groups in total. The van der Waals surface area contributed by atoms with Crippen molar-refractivity contribution in [1.82, 2.24) is 0 Å². The van der Waals surface area contributed by atoms with E-state index in [0.29, 0.717) is 23.3 Å². The predicted molar refractivity (Wildman–Crippen MR) is 87.3 cm³/mol. The van der Waals surface area contributed by atoms with Crippen LogP contribution in [0.1, 0.15) is 54.7 Å². The first-order valence-electron chi connectivity index (χ1n) is 8.23. The molecule has 2 unspecified atom stereocenters. The molecular weight excluding hydrogens is 292 g/mol. The van der Waals surface area contributed by atoms with E-state index in [4.69, 9.17) is 9.47 Å². The second-order valence-corrected chi connectivity index (χ2v) is 6.55. The lowest BCUT2D eigenvalue weighted by molar-refractivity contribution is 0.104. The molecule has 0 heterocycles. The SMILES string of the molecule is CCOC(=O)Oc1c2c(c(O)c3ccc(C)cc13)C1CCC2C1. The maximum Gasteiger partial charge on any atom is 0.513 e. The molecule has 2 aliphatic carbocycles. The molecule has 0 spiro atoms. The summed E-state index contributed by atoms with van der Waals surface area (Å²) in [5, 5.41) is 12.3. The number of rotatable bonds is 2. The lowest BCUT2D eigenvalue weighted by Gasteiger charge is -2.22. The highest BCUT2D eigenvalue weighted by Crippen LogP contribution is 2.60. The van der Waals surface area contributed by atoms with Gasteiger partial charge in [-0.05, 0) is 51.0 Å². The second-order valence-electron chi connectivity index (χ2n) is 6.55. The normalized spacial score (nSPS) is 21.5. The van der Waals surface area contributed by atoms with Gasteiger partial charge in [-0.2, -0.15) is 0 Å². The molecule has 4 rings (SSSR count).